The predicted molar refractivity (Wildman–Crippen MR) is 128 cm³/mol. The van der Waals surface area contributed by atoms with E-state index < -0.39 is 0 Å². The van der Waals surface area contributed by atoms with Crippen molar-refractivity contribution in [3.63, 3.8) is 0 Å². The molecule has 10 heteroatoms. The molecule has 8 nitrogen and oxygen atoms in total. The third-order valence-electron chi connectivity index (χ3n) is 5.38. The molecular formula is C24H22ClN5O3S. The summed E-state index contributed by atoms with van der Waals surface area (Å²) in [7, 11) is 0. The molecule has 0 unspecified atom stereocenters. The third-order valence-corrected chi connectivity index (χ3v) is 6.51. The Morgan fingerprint density at radius 2 is 1.76 bits per heavy atom. The van der Waals surface area contributed by atoms with Gasteiger partial charge in [0.15, 0.2) is 0 Å². The standard InChI is InChI=1S/C24H22ClN5O3S/c1-14-9-15(2)11-16(10-14)22-27-29-24(33-22)34-13-21(31)30(17-7-8-17)12-20-26-28-23(32-20)18-5-3-4-6-19(18)25/h3-6,9-11,17H,7-8,12-13H2,1-2H3. The second-order valence-electron chi connectivity index (χ2n) is 8.27. The van der Waals surface area contributed by atoms with E-state index >= 15 is 0 Å². The minimum Gasteiger partial charge on any atom is -0.419 e. The number of aromatic nitrogens is 4. The molecule has 0 bridgehead atoms. The topological polar surface area (TPSA) is 98.2 Å². The molecule has 0 aliphatic heterocycles. The van der Waals surface area contributed by atoms with Crippen LogP contribution in [0.15, 0.2) is 56.5 Å². The van der Waals surface area contributed by atoms with Crippen LogP contribution in [0.2, 0.25) is 5.02 Å². The van der Waals surface area contributed by atoms with Crippen LogP contribution in [0.1, 0.15) is 29.9 Å². The zero-order valence-electron chi connectivity index (χ0n) is 18.7. The fourth-order valence-electron chi connectivity index (χ4n) is 3.70. The normalized spacial score (nSPS) is 13.3. The van der Waals surface area contributed by atoms with Gasteiger partial charge in [0.2, 0.25) is 23.6 Å². The number of aryl methyl sites for hydroxylation is 2. The van der Waals surface area contributed by atoms with Crippen molar-refractivity contribution in [3.8, 4) is 22.9 Å². The van der Waals surface area contributed by atoms with Crippen LogP contribution in [0.4, 0.5) is 0 Å². The van der Waals surface area contributed by atoms with Crippen molar-refractivity contribution in [1.82, 2.24) is 25.3 Å². The third kappa shape index (κ3) is 5.15. The van der Waals surface area contributed by atoms with Crippen LogP contribution < -0.4 is 0 Å². The Morgan fingerprint density at radius 1 is 1.03 bits per heavy atom. The number of hydrogen-bond acceptors (Lipinski definition) is 8. The summed E-state index contributed by atoms with van der Waals surface area (Å²) in [6.45, 7) is 4.29. The van der Waals surface area contributed by atoms with Crippen molar-refractivity contribution in [3.05, 3.63) is 64.5 Å². The summed E-state index contributed by atoms with van der Waals surface area (Å²) in [5.74, 6) is 1.28. The molecule has 0 N–H and O–H groups in total. The Kier molecular flexibility index (Phi) is 6.38. The molecule has 2 aromatic carbocycles. The van der Waals surface area contributed by atoms with Crippen LogP contribution in [-0.2, 0) is 11.3 Å². The van der Waals surface area contributed by atoms with Gasteiger partial charge in [0, 0.05) is 11.6 Å². The second-order valence-corrected chi connectivity index (χ2v) is 9.61. The Hall–Kier alpha value is -3.17. The number of carbonyl (C=O) groups excluding carboxylic acids is 1. The number of halogens is 1. The molecule has 1 aliphatic rings. The first-order chi connectivity index (χ1) is 16.5. The fraction of sp³-hybridized carbons (Fsp3) is 0.292. The van der Waals surface area contributed by atoms with Crippen LogP contribution in [0, 0.1) is 13.8 Å². The van der Waals surface area contributed by atoms with E-state index in [2.05, 4.69) is 26.5 Å². The zero-order chi connectivity index (χ0) is 23.7. The maximum Gasteiger partial charge on any atom is 0.277 e. The zero-order valence-corrected chi connectivity index (χ0v) is 20.3. The van der Waals surface area contributed by atoms with Gasteiger partial charge in [-0.15, -0.1) is 20.4 Å². The number of thioether (sulfide) groups is 1. The van der Waals surface area contributed by atoms with E-state index in [9.17, 15) is 4.79 Å². The number of carbonyl (C=O) groups is 1. The Labute approximate surface area is 205 Å². The van der Waals surface area contributed by atoms with Gasteiger partial charge >= 0.3 is 0 Å². The first kappa shape index (κ1) is 22.6. The summed E-state index contributed by atoms with van der Waals surface area (Å²) >= 11 is 7.45. The molecule has 4 aromatic rings. The molecule has 2 heterocycles. The molecule has 1 fully saturated rings. The number of rotatable bonds is 8. The Bertz CT molecular complexity index is 1310. The lowest BCUT2D eigenvalue weighted by Gasteiger charge is -2.19. The quantitative estimate of drug-likeness (QED) is 0.302. The first-order valence-corrected chi connectivity index (χ1v) is 12.2. The summed E-state index contributed by atoms with van der Waals surface area (Å²) in [5, 5.41) is 17.3. The van der Waals surface area contributed by atoms with E-state index in [0.29, 0.717) is 33.5 Å². The summed E-state index contributed by atoms with van der Waals surface area (Å²) < 4.78 is 11.6. The van der Waals surface area contributed by atoms with Crippen LogP contribution in [0.5, 0.6) is 0 Å². The highest BCUT2D eigenvalue weighted by Gasteiger charge is 2.34. The molecule has 0 radical (unpaired) electrons. The molecule has 34 heavy (non-hydrogen) atoms. The predicted octanol–water partition coefficient (Wildman–Crippen LogP) is 5.34. The van der Waals surface area contributed by atoms with Gasteiger partial charge in [-0.2, -0.15) is 0 Å². The van der Waals surface area contributed by atoms with Gasteiger partial charge in [0.1, 0.15) is 0 Å². The Balaban J connectivity index is 1.23. The van der Waals surface area contributed by atoms with Crippen LogP contribution in [-0.4, -0.2) is 43.0 Å². The van der Waals surface area contributed by atoms with Crippen LogP contribution in [0.25, 0.3) is 22.9 Å². The van der Waals surface area contributed by atoms with Crippen LogP contribution >= 0.6 is 23.4 Å². The molecule has 5 rings (SSSR count). The van der Waals surface area contributed by atoms with Gasteiger partial charge in [0.25, 0.3) is 5.22 Å². The highest BCUT2D eigenvalue weighted by Crippen LogP contribution is 2.31. The van der Waals surface area contributed by atoms with Gasteiger partial charge in [-0.05, 0) is 51.0 Å². The minimum absolute atomic E-state index is 0.0452. The van der Waals surface area contributed by atoms with Crippen molar-refractivity contribution >= 4 is 29.3 Å². The molecule has 1 amide bonds. The molecular weight excluding hydrogens is 474 g/mol. The lowest BCUT2D eigenvalue weighted by Crippen LogP contribution is -2.34. The summed E-state index contributed by atoms with van der Waals surface area (Å²) in [5.41, 5.74) is 3.78. The Morgan fingerprint density at radius 3 is 2.50 bits per heavy atom. The first-order valence-electron chi connectivity index (χ1n) is 10.9. The van der Waals surface area contributed by atoms with Gasteiger partial charge < -0.3 is 13.7 Å². The summed E-state index contributed by atoms with van der Waals surface area (Å²) in [4.78, 5) is 14.8. The van der Waals surface area contributed by atoms with Gasteiger partial charge in [0.05, 0.1) is 22.9 Å². The lowest BCUT2D eigenvalue weighted by atomic mass is 10.1. The largest absolute Gasteiger partial charge is 0.419 e. The van der Waals surface area contributed by atoms with E-state index in [0.717, 1.165) is 29.5 Å². The van der Waals surface area contributed by atoms with Crippen molar-refractivity contribution in [2.45, 2.75) is 44.5 Å². The van der Waals surface area contributed by atoms with E-state index in [4.69, 9.17) is 20.4 Å². The molecule has 2 aromatic heterocycles. The van der Waals surface area contributed by atoms with E-state index in [1.807, 2.05) is 44.2 Å². The maximum absolute atomic E-state index is 13.0. The molecule has 0 atom stereocenters. The molecule has 0 saturated heterocycles. The maximum atomic E-state index is 13.0. The molecule has 1 saturated carbocycles. The highest BCUT2D eigenvalue weighted by molar-refractivity contribution is 7.99. The van der Waals surface area contributed by atoms with Gasteiger partial charge in [-0.1, -0.05) is 52.7 Å². The second kappa shape index (κ2) is 9.60. The molecule has 1 aliphatic carbocycles. The van der Waals surface area contributed by atoms with Gasteiger partial charge in [-0.25, -0.2) is 0 Å². The van der Waals surface area contributed by atoms with Crippen molar-refractivity contribution < 1.29 is 13.6 Å². The minimum atomic E-state index is -0.0452. The monoisotopic (exact) mass is 495 g/mol. The summed E-state index contributed by atoms with van der Waals surface area (Å²) in [6.07, 6.45) is 1.92. The summed E-state index contributed by atoms with van der Waals surface area (Å²) in [6, 6.07) is 13.5. The fourth-order valence-corrected chi connectivity index (χ4v) is 4.57. The molecule has 0 spiro atoms. The number of hydrogen-bond donors (Lipinski definition) is 0. The average Bonchev–Trinajstić information content (AvgIpc) is 3.35. The lowest BCUT2D eigenvalue weighted by molar-refractivity contribution is -0.129. The smallest absolute Gasteiger partial charge is 0.277 e. The van der Waals surface area contributed by atoms with E-state index in [1.165, 1.54) is 11.8 Å². The highest BCUT2D eigenvalue weighted by atomic mass is 35.5. The average molecular weight is 496 g/mol. The van der Waals surface area contributed by atoms with Crippen molar-refractivity contribution in [2.24, 2.45) is 0 Å². The van der Waals surface area contributed by atoms with Crippen molar-refractivity contribution in [2.75, 3.05) is 5.75 Å². The number of benzene rings is 2. The number of amides is 1. The molecule has 174 valence electrons. The van der Waals surface area contributed by atoms with Crippen LogP contribution in [0.3, 0.4) is 0 Å². The SMILES string of the molecule is Cc1cc(C)cc(-c2nnc(SCC(=O)N(Cc3nnc(-c4ccccc4Cl)o3)C3CC3)o2)c1. The van der Waals surface area contributed by atoms with Gasteiger partial charge in [-0.3, -0.25) is 4.79 Å². The van der Waals surface area contributed by atoms with E-state index in [-0.39, 0.29) is 24.2 Å². The number of nitrogens with zero attached hydrogens (tertiary/aromatic N) is 5. The van der Waals surface area contributed by atoms with E-state index in [1.54, 1.807) is 11.0 Å². The van der Waals surface area contributed by atoms with Crippen molar-refractivity contribution in [1.29, 1.82) is 0 Å².